The molecule has 3 atom stereocenters. The molecule has 2 aliphatic carbocycles. The molecule has 1 aromatic rings. The van der Waals surface area contributed by atoms with Crippen LogP contribution in [0.3, 0.4) is 0 Å². The molecule has 0 spiro atoms. The number of ether oxygens (including phenoxy) is 1. The molecule has 0 saturated heterocycles. The highest BCUT2D eigenvalue weighted by atomic mass is 16.5. The molecular formula is C15H20N2O2. The summed E-state index contributed by atoms with van der Waals surface area (Å²) in [4.78, 5) is 19.9. The quantitative estimate of drug-likeness (QED) is 0.767. The van der Waals surface area contributed by atoms with Crippen LogP contribution >= 0.6 is 0 Å². The minimum Gasteiger partial charge on any atom is -0.458 e. The van der Waals surface area contributed by atoms with E-state index in [4.69, 9.17) is 4.74 Å². The third kappa shape index (κ3) is 1.69. The van der Waals surface area contributed by atoms with Crippen molar-refractivity contribution in [2.75, 3.05) is 0 Å². The van der Waals surface area contributed by atoms with E-state index in [1.54, 1.807) is 0 Å². The molecule has 102 valence electrons. The van der Waals surface area contributed by atoms with Crippen molar-refractivity contribution < 1.29 is 9.53 Å². The van der Waals surface area contributed by atoms with E-state index in [-0.39, 0.29) is 22.9 Å². The monoisotopic (exact) mass is 260 g/mol. The number of carbonyl (C=O) groups excluding carboxylic acids is 1. The summed E-state index contributed by atoms with van der Waals surface area (Å²) in [6, 6.07) is 0. The van der Waals surface area contributed by atoms with Crippen molar-refractivity contribution >= 4 is 5.97 Å². The summed E-state index contributed by atoms with van der Waals surface area (Å²) in [7, 11) is 0. The van der Waals surface area contributed by atoms with E-state index in [9.17, 15) is 4.79 Å². The van der Waals surface area contributed by atoms with Crippen LogP contribution in [0.4, 0.5) is 0 Å². The number of hydrogen-bond donors (Lipinski definition) is 0. The number of esters is 1. The first kappa shape index (κ1) is 12.6. The van der Waals surface area contributed by atoms with Gasteiger partial charge in [0.1, 0.15) is 12.4 Å². The average molecular weight is 260 g/mol. The zero-order valence-corrected chi connectivity index (χ0v) is 11.7. The molecule has 1 heterocycles. The van der Waals surface area contributed by atoms with Gasteiger partial charge in [-0.15, -0.1) is 0 Å². The fourth-order valence-electron chi connectivity index (χ4n) is 3.91. The molecule has 4 heteroatoms. The van der Waals surface area contributed by atoms with Gasteiger partial charge >= 0.3 is 5.97 Å². The third-order valence-corrected chi connectivity index (χ3v) is 5.76. The molecule has 2 fully saturated rings. The molecule has 0 N–H and O–H groups in total. The summed E-state index contributed by atoms with van der Waals surface area (Å²) in [5, 5.41) is 0. The molecule has 0 radical (unpaired) electrons. The minimum atomic E-state index is -0.296. The van der Waals surface area contributed by atoms with Crippen LogP contribution in [0.15, 0.2) is 18.7 Å². The van der Waals surface area contributed by atoms with Gasteiger partial charge in [0, 0.05) is 17.8 Å². The maximum absolute atomic E-state index is 12.1. The lowest BCUT2D eigenvalue weighted by atomic mass is 9.70. The van der Waals surface area contributed by atoms with Crippen molar-refractivity contribution in [1.29, 1.82) is 0 Å². The Hall–Kier alpha value is -1.45. The smallest absolute Gasteiger partial charge is 0.341 e. The predicted molar refractivity (Wildman–Crippen MR) is 70.5 cm³/mol. The van der Waals surface area contributed by atoms with Crippen LogP contribution in [-0.2, 0) is 4.74 Å². The highest BCUT2D eigenvalue weighted by molar-refractivity contribution is 5.88. The van der Waals surface area contributed by atoms with Gasteiger partial charge in [-0.2, -0.15) is 0 Å². The Morgan fingerprint density at radius 1 is 1.32 bits per heavy atom. The van der Waals surface area contributed by atoms with Crippen LogP contribution in [0, 0.1) is 16.7 Å². The molecule has 3 rings (SSSR count). The van der Waals surface area contributed by atoms with Crippen molar-refractivity contribution in [2.45, 2.75) is 46.1 Å². The molecule has 2 bridgehead atoms. The summed E-state index contributed by atoms with van der Waals surface area (Å²) < 4.78 is 5.75. The maximum atomic E-state index is 12.1. The number of aromatic nitrogens is 2. The topological polar surface area (TPSA) is 52.1 Å². The first-order valence-electron chi connectivity index (χ1n) is 6.91. The van der Waals surface area contributed by atoms with Gasteiger partial charge in [0.2, 0.25) is 0 Å². The van der Waals surface area contributed by atoms with Crippen LogP contribution in [-0.4, -0.2) is 22.0 Å². The van der Waals surface area contributed by atoms with Crippen LogP contribution in [0.5, 0.6) is 0 Å². The second kappa shape index (κ2) is 4.02. The van der Waals surface area contributed by atoms with E-state index in [0.29, 0.717) is 11.5 Å². The molecule has 1 aromatic heterocycles. The zero-order valence-electron chi connectivity index (χ0n) is 11.7. The fourth-order valence-corrected chi connectivity index (χ4v) is 3.91. The summed E-state index contributed by atoms with van der Waals surface area (Å²) in [5.74, 6) is 0.373. The predicted octanol–water partition coefficient (Wildman–Crippen LogP) is 2.85. The van der Waals surface area contributed by atoms with Crippen molar-refractivity contribution in [3.8, 4) is 0 Å². The van der Waals surface area contributed by atoms with Gasteiger partial charge in [-0.3, -0.25) is 0 Å². The van der Waals surface area contributed by atoms with E-state index in [1.165, 1.54) is 25.1 Å². The van der Waals surface area contributed by atoms with Crippen molar-refractivity contribution in [3.63, 3.8) is 0 Å². The first-order valence-corrected chi connectivity index (χ1v) is 6.91. The number of fused-ring (bicyclic) bond motifs is 2. The molecule has 3 unspecified atom stereocenters. The molecule has 4 nitrogen and oxygen atoms in total. The zero-order chi connectivity index (χ0) is 13.7. The van der Waals surface area contributed by atoms with Gasteiger partial charge in [-0.25, -0.2) is 14.8 Å². The van der Waals surface area contributed by atoms with Crippen molar-refractivity contribution in [1.82, 2.24) is 9.97 Å². The van der Waals surface area contributed by atoms with Crippen LogP contribution < -0.4 is 0 Å². The highest BCUT2D eigenvalue weighted by Crippen LogP contribution is 2.66. The lowest BCUT2D eigenvalue weighted by Crippen LogP contribution is -2.38. The Bertz CT molecular complexity index is 500. The second-order valence-corrected chi connectivity index (χ2v) is 6.63. The molecule has 0 aliphatic heterocycles. The van der Waals surface area contributed by atoms with Gasteiger partial charge in [0.15, 0.2) is 0 Å². The minimum absolute atomic E-state index is 0.0222. The van der Waals surface area contributed by atoms with Crippen molar-refractivity contribution in [3.05, 3.63) is 24.3 Å². The van der Waals surface area contributed by atoms with Gasteiger partial charge in [0.25, 0.3) is 0 Å². The van der Waals surface area contributed by atoms with E-state index in [0.717, 1.165) is 12.8 Å². The normalized spacial score (nSPS) is 35.3. The Labute approximate surface area is 113 Å². The SMILES string of the molecule is CC1(C)C2CCC1(C)C(OC(=O)c1cncnc1)C2. The van der Waals surface area contributed by atoms with Crippen LogP contribution in [0.2, 0.25) is 0 Å². The summed E-state index contributed by atoms with van der Waals surface area (Å²) in [6.07, 6.45) is 7.85. The van der Waals surface area contributed by atoms with Gasteiger partial charge in [-0.1, -0.05) is 20.8 Å². The number of carbonyl (C=O) groups is 1. The lowest BCUT2D eigenvalue weighted by molar-refractivity contribution is -0.0243. The van der Waals surface area contributed by atoms with Crippen LogP contribution in [0.25, 0.3) is 0 Å². The van der Waals surface area contributed by atoms with Gasteiger partial charge < -0.3 is 4.74 Å². The number of nitrogens with zero attached hydrogens (tertiary/aromatic N) is 2. The number of rotatable bonds is 2. The Kier molecular flexibility index (Phi) is 2.66. The van der Waals surface area contributed by atoms with E-state index in [1.807, 2.05) is 0 Å². The standard InChI is InChI=1S/C15H20N2O2/c1-14(2)11-4-5-15(14,3)12(6-11)19-13(18)10-7-16-9-17-8-10/h7-9,11-12H,4-6H2,1-3H3. The highest BCUT2D eigenvalue weighted by Gasteiger charge is 2.62. The summed E-state index contributed by atoms with van der Waals surface area (Å²) in [6.45, 7) is 6.88. The molecular weight excluding hydrogens is 240 g/mol. The lowest BCUT2D eigenvalue weighted by Gasteiger charge is -2.38. The van der Waals surface area contributed by atoms with E-state index >= 15 is 0 Å². The van der Waals surface area contributed by atoms with E-state index < -0.39 is 0 Å². The molecule has 19 heavy (non-hydrogen) atoms. The Morgan fingerprint density at radius 2 is 2.00 bits per heavy atom. The van der Waals surface area contributed by atoms with Gasteiger partial charge in [-0.05, 0) is 30.6 Å². The van der Waals surface area contributed by atoms with Crippen molar-refractivity contribution in [2.24, 2.45) is 16.7 Å². The van der Waals surface area contributed by atoms with Crippen LogP contribution in [0.1, 0.15) is 50.4 Å². The molecule has 0 aromatic carbocycles. The van der Waals surface area contributed by atoms with Gasteiger partial charge in [0.05, 0.1) is 5.56 Å². The maximum Gasteiger partial charge on any atom is 0.341 e. The second-order valence-electron chi connectivity index (χ2n) is 6.63. The Morgan fingerprint density at radius 3 is 2.53 bits per heavy atom. The summed E-state index contributed by atoms with van der Waals surface area (Å²) >= 11 is 0. The third-order valence-electron chi connectivity index (χ3n) is 5.76. The van der Waals surface area contributed by atoms with E-state index in [2.05, 4.69) is 30.7 Å². The fraction of sp³-hybridized carbons (Fsp3) is 0.667. The molecule has 2 aliphatic rings. The average Bonchev–Trinajstić information content (AvgIpc) is 2.73. The Balaban J connectivity index is 1.78. The molecule has 2 saturated carbocycles. The summed E-state index contributed by atoms with van der Waals surface area (Å²) in [5.41, 5.74) is 0.792. The molecule has 0 amide bonds. The largest absolute Gasteiger partial charge is 0.458 e. The first-order chi connectivity index (χ1) is 8.95. The number of hydrogen-bond acceptors (Lipinski definition) is 4.